The molecule has 1 aliphatic heterocycles. The number of para-hydroxylation sites is 1. The van der Waals surface area contributed by atoms with Crippen molar-refractivity contribution in [2.75, 3.05) is 13.1 Å². The van der Waals surface area contributed by atoms with Crippen LogP contribution in [0.3, 0.4) is 0 Å². The Balaban J connectivity index is 1.31. The van der Waals surface area contributed by atoms with E-state index in [0.717, 1.165) is 17.8 Å². The molecule has 1 aliphatic rings. The first-order valence-corrected chi connectivity index (χ1v) is 13.2. The maximum Gasteiger partial charge on any atom is 0.271 e. The van der Waals surface area contributed by atoms with Gasteiger partial charge in [-0.1, -0.05) is 41.4 Å². The zero-order chi connectivity index (χ0) is 25.9. The Morgan fingerprint density at radius 2 is 1.92 bits per heavy atom. The topological polar surface area (TPSA) is 71.5 Å². The standard InChI is InChI=1S/C26H26Cl2FN3O3S/c1-26(2,35-22-6-4-3-5-19(22)28)25(34)32-11-9-16(10-12-32)24-31-21(15-36-24)23(33)30-14-17-7-8-18(27)13-20(17)29/h3-8,13,15-16H,9-12,14H2,1-2H3,(H,30,33). The van der Waals surface area contributed by atoms with Crippen molar-refractivity contribution >= 4 is 46.4 Å². The lowest BCUT2D eigenvalue weighted by atomic mass is 9.96. The number of piperidine rings is 1. The van der Waals surface area contributed by atoms with E-state index in [9.17, 15) is 14.0 Å². The summed E-state index contributed by atoms with van der Waals surface area (Å²) in [7, 11) is 0. The molecule has 2 heterocycles. The highest BCUT2D eigenvalue weighted by molar-refractivity contribution is 7.09. The van der Waals surface area contributed by atoms with E-state index < -0.39 is 11.4 Å². The van der Waals surface area contributed by atoms with E-state index in [1.807, 2.05) is 12.1 Å². The van der Waals surface area contributed by atoms with Gasteiger partial charge in [0.1, 0.15) is 17.3 Å². The molecule has 0 atom stereocenters. The zero-order valence-corrected chi connectivity index (χ0v) is 22.2. The normalized spacial score (nSPS) is 14.5. The van der Waals surface area contributed by atoms with E-state index in [-0.39, 0.29) is 24.3 Å². The summed E-state index contributed by atoms with van der Waals surface area (Å²) in [5.41, 5.74) is -0.410. The Hall–Kier alpha value is -2.68. The maximum absolute atomic E-state index is 13.9. The smallest absolute Gasteiger partial charge is 0.271 e. The Bertz CT molecular complexity index is 1260. The minimum Gasteiger partial charge on any atom is -0.476 e. The van der Waals surface area contributed by atoms with Gasteiger partial charge in [-0.3, -0.25) is 9.59 Å². The molecule has 0 bridgehead atoms. The summed E-state index contributed by atoms with van der Waals surface area (Å²) < 4.78 is 19.9. The van der Waals surface area contributed by atoms with E-state index in [4.69, 9.17) is 27.9 Å². The van der Waals surface area contributed by atoms with E-state index in [0.29, 0.717) is 40.1 Å². The highest BCUT2D eigenvalue weighted by Crippen LogP contribution is 2.33. The SMILES string of the molecule is CC(C)(Oc1ccccc1Cl)C(=O)N1CCC(c2nc(C(=O)NCc3ccc(Cl)cc3F)cs2)CC1. The number of rotatable bonds is 7. The average Bonchev–Trinajstić information content (AvgIpc) is 3.35. The van der Waals surface area contributed by atoms with Gasteiger partial charge in [0.15, 0.2) is 5.60 Å². The summed E-state index contributed by atoms with van der Waals surface area (Å²) in [6.45, 7) is 4.66. The average molecular weight is 550 g/mol. The number of benzene rings is 2. The molecule has 0 unspecified atom stereocenters. The van der Waals surface area contributed by atoms with E-state index in [1.54, 1.807) is 48.4 Å². The van der Waals surface area contributed by atoms with Gasteiger partial charge in [-0.2, -0.15) is 0 Å². The molecule has 1 aromatic heterocycles. The molecule has 1 saturated heterocycles. The molecule has 190 valence electrons. The van der Waals surface area contributed by atoms with Gasteiger partial charge in [0, 0.05) is 41.5 Å². The van der Waals surface area contributed by atoms with Gasteiger partial charge in [0.2, 0.25) is 0 Å². The summed E-state index contributed by atoms with van der Waals surface area (Å²) >= 11 is 13.4. The second-order valence-corrected chi connectivity index (χ2v) is 10.8. The fraction of sp³-hybridized carbons (Fsp3) is 0.346. The molecule has 2 aromatic carbocycles. The number of nitrogens with zero attached hydrogens (tertiary/aromatic N) is 2. The number of carbonyl (C=O) groups is 2. The van der Waals surface area contributed by atoms with Crippen LogP contribution in [0, 0.1) is 5.82 Å². The molecule has 36 heavy (non-hydrogen) atoms. The number of hydrogen-bond acceptors (Lipinski definition) is 5. The largest absolute Gasteiger partial charge is 0.476 e. The van der Waals surface area contributed by atoms with Gasteiger partial charge >= 0.3 is 0 Å². The van der Waals surface area contributed by atoms with Crippen molar-refractivity contribution in [1.82, 2.24) is 15.2 Å². The van der Waals surface area contributed by atoms with Crippen LogP contribution in [0.1, 0.15) is 53.7 Å². The highest BCUT2D eigenvalue weighted by atomic mass is 35.5. The highest BCUT2D eigenvalue weighted by Gasteiger charge is 2.37. The van der Waals surface area contributed by atoms with E-state index in [1.165, 1.54) is 17.4 Å². The fourth-order valence-electron chi connectivity index (χ4n) is 4.07. The van der Waals surface area contributed by atoms with Crippen molar-refractivity contribution in [2.45, 2.75) is 44.8 Å². The van der Waals surface area contributed by atoms with Crippen LogP contribution < -0.4 is 10.1 Å². The first-order chi connectivity index (χ1) is 17.1. The first kappa shape index (κ1) is 26.4. The van der Waals surface area contributed by atoms with Crippen LogP contribution >= 0.6 is 34.5 Å². The van der Waals surface area contributed by atoms with E-state index >= 15 is 0 Å². The molecule has 1 fully saturated rings. The number of aromatic nitrogens is 1. The summed E-state index contributed by atoms with van der Waals surface area (Å²) in [6.07, 6.45) is 1.47. The van der Waals surface area contributed by atoms with Gasteiger partial charge in [-0.05, 0) is 51.0 Å². The van der Waals surface area contributed by atoms with Crippen molar-refractivity contribution in [3.8, 4) is 5.75 Å². The van der Waals surface area contributed by atoms with Crippen LogP contribution in [0.2, 0.25) is 10.0 Å². The molecule has 0 aliphatic carbocycles. The molecule has 6 nitrogen and oxygen atoms in total. The number of nitrogens with one attached hydrogen (secondary N) is 1. The summed E-state index contributed by atoms with van der Waals surface area (Å²) in [5.74, 6) is -0.308. The molecule has 0 saturated carbocycles. The van der Waals surface area contributed by atoms with Gasteiger partial charge in [0.25, 0.3) is 11.8 Å². The van der Waals surface area contributed by atoms with Crippen molar-refractivity contribution in [1.29, 1.82) is 0 Å². The molecule has 0 spiro atoms. The minimum absolute atomic E-state index is 0.0429. The van der Waals surface area contributed by atoms with Crippen LogP contribution in [-0.2, 0) is 11.3 Å². The lowest BCUT2D eigenvalue weighted by Crippen LogP contribution is -2.51. The zero-order valence-electron chi connectivity index (χ0n) is 19.9. The van der Waals surface area contributed by atoms with Crippen LogP contribution in [0.25, 0.3) is 0 Å². The fourth-order valence-corrected chi connectivity index (χ4v) is 5.37. The van der Waals surface area contributed by atoms with Crippen LogP contribution in [-0.4, -0.2) is 40.4 Å². The molecule has 1 N–H and O–H groups in total. The van der Waals surface area contributed by atoms with Crippen LogP contribution in [0.4, 0.5) is 4.39 Å². The van der Waals surface area contributed by atoms with Crippen LogP contribution in [0.5, 0.6) is 5.75 Å². The number of ether oxygens (including phenoxy) is 1. The Kier molecular flexibility index (Phi) is 8.17. The Labute approximate surface area is 223 Å². The Morgan fingerprint density at radius 3 is 2.61 bits per heavy atom. The second-order valence-electron chi connectivity index (χ2n) is 9.10. The monoisotopic (exact) mass is 549 g/mol. The number of hydrogen-bond donors (Lipinski definition) is 1. The summed E-state index contributed by atoms with van der Waals surface area (Å²) in [5, 5.41) is 6.03. The van der Waals surface area contributed by atoms with Crippen molar-refractivity contribution in [3.63, 3.8) is 0 Å². The molecule has 10 heteroatoms. The number of thiazole rings is 1. The van der Waals surface area contributed by atoms with Crippen molar-refractivity contribution in [2.24, 2.45) is 0 Å². The number of amides is 2. The third-order valence-corrected chi connectivity index (χ3v) is 7.61. The summed E-state index contributed by atoms with van der Waals surface area (Å²) in [6, 6.07) is 11.4. The third kappa shape index (κ3) is 6.17. The maximum atomic E-state index is 13.9. The molecular formula is C26H26Cl2FN3O3S. The van der Waals surface area contributed by atoms with E-state index in [2.05, 4.69) is 10.3 Å². The van der Waals surface area contributed by atoms with Gasteiger partial charge in [0.05, 0.1) is 10.0 Å². The minimum atomic E-state index is -1.06. The lowest BCUT2D eigenvalue weighted by molar-refractivity contribution is -0.146. The number of carbonyl (C=O) groups excluding carboxylic acids is 2. The predicted octanol–water partition coefficient (Wildman–Crippen LogP) is 6.08. The molecule has 2 amide bonds. The first-order valence-electron chi connectivity index (χ1n) is 11.5. The summed E-state index contributed by atoms with van der Waals surface area (Å²) in [4.78, 5) is 32.0. The molecule has 3 aromatic rings. The Morgan fingerprint density at radius 1 is 1.19 bits per heavy atom. The number of likely N-dealkylation sites (tertiary alicyclic amines) is 1. The quantitative estimate of drug-likeness (QED) is 0.387. The van der Waals surface area contributed by atoms with Crippen LogP contribution in [0.15, 0.2) is 47.8 Å². The van der Waals surface area contributed by atoms with Gasteiger partial charge in [-0.15, -0.1) is 11.3 Å². The third-order valence-electron chi connectivity index (χ3n) is 6.06. The van der Waals surface area contributed by atoms with Gasteiger partial charge < -0.3 is 15.0 Å². The van der Waals surface area contributed by atoms with Crippen molar-refractivity contribution < 1.29 is 18.7 Å². The van der Waals surface area contributed by atoms with Gasteiger partial charge in [-0.25, -0.2) is 9.37 Å². The molecular weight excluding hydrogens is 524 g/mol. The van der Waals surface area contributed by atoms with Crippen molar-refractivity contribution in [3.05, 3.63) is 80.0 Å². The second kappa shape index (κ2) is 11.2. The lowest BCUT2D eigenvalue weighted by Gasteiger charge is -2.36. The number of halogens is 3. The molecule has 0 radical (unpaired) electrons. The predicted molar refractivity (Wildman–Crippen MR) is 139 cm³/mol. The molecule has 4 rings (SSSR count).